The first-order valence-corrected chi connectivity index (χ1v) is 20.9. The maximum absolute atomic E-state index is 12.1. The van der Waals surface area contributed by atoms with Gasteiger partial charge in [-0.05, 0) is 86.8 Å². The van der Waals surface area contributed by atoms with Gasteiger partial charge in [0, 0.05) is 22.3 Å². The van der Waals surface area contributed by atoms with Crippen LogP contribution in [0.25, 0.3) is 16.9 Å². The Hall–Kier alpha value is -1.99. The van der Waals surface area contributed by atoms with E-state index in [0.29, 0.717) is 0 Å². The van der Waals surface area contributed by atoms with E-state index in [1.165, 1.54) is 143 Å². The molecule has 0 aromatic heterocycles. The summed E-state index contributed by atoms with van der Waals surface area (Å²) in [7, 11) is 0. The molecule has 0 amide bonds. The fourth-order valence-electron chi connectivity index (χ4n) is 6.68. The summed E-state index contributed by atoms with van der Waals surface area (Å²) in [6.07, 6.45) is 25.9. The number of hydrogen-bond acceptors (Lipinski definition) is 0. The number of nitrogens with zero attached hydrogens (tertiary/aromatic N) is 2. The van der Waals surface area contributed by atoms with Crippen molar-refractivity contribution in [2.24, 2.45) is 0 Å². The molecule has 0 saturated heterocycles. The molecule has 2 aromatic carbocycles. The van der Waals surface area contributed by atoms with Gasteiger partial charge in [-0.1, -0.05) is 135 Å². The normalized spacial score (nSPS) is 13.1. The van der Waals surface area contributed by atoms with E-state index in [1.54, 1.807) is 19.1 Å². The van der Waals surface area contributed by atoms with E-state index in [9.17, 15) is 5.53 Å². The summed E-state index contributed by atoms with van der Waals surface area (Å²) in [5.41, 5.74) is 22.1. The number of rotatable bonds is 23. The minimum absolute atomic E-state index is 1.03. The number of allylic oxidation sites excluding steroid dienone is 2. The van der Waals surface area contributed by atoms with E-state index in [1.807, 2.05) is 0 Å². The first kappa shape index (κ1) is 40.2. The fraction of sp³-hybridized carbons (Fsp3) is 0.628. The summed E-state index contributed by atoms with van der Waals surface area (Å²) < 4.78 is 1.59. The second kappa shape index (κ2) is 25.1. The van der Waals surface area contributed by atoms with Crippen molar-refractivity contribution in [3.05, 3.63) is 87.5 Å². The zero-order chi connectivity index (χ0) is 33.4. The molecule has 0 unspecified atom stereocenters. The molecule has 2 nitrogen and oxygen atoms in total. The maximum atomic E-state index is 12.1. The van der Waals surface area contributed by atoms with Gasteiger partial charge in [0.1, 0.15) is 0 Å². The predicted octanol–water partition coefficient (Wildman–Crippen LogP) is 14.6. The third kappa shape index (κ3) is 14.0. The molecule has 0 fully saturated rings. The molecule has 1 heterocycles. The van der Waals surface area contributed by atoms with Crippen LogP contribution < -0.4 is 0 Å². The third-order valence-electron chi connectivity index (χ3n) is 9.21. The van der Waals surface area contributed by atoms with Crippen LogP contribution >= 0.6 is 0 Å². The summed E-state index contributed by atoms with van der Waals surface area (Å²) in [5, 5.41) is 0. The Labute approximate surface area is 291 Å². The average Bonchev–Trinajstić information content (AvgIpc) is 3.34. The molecule has 0 N–H and O–H groups in total. The second-order valence-electron chi connectivity index (χ2n) is 13.3. The average molecular weight is 672 g/mol. The van der Waals surface area contributed by atoms with Crippen molar-refractivity contribution < 1.29 is 19.1 Å². The van der Waals surface area contributed by atoms with Crippen LogP contribution in [0.5, 0.6) is 0 Å². The van der Waals surface area contributed by atoms with E-state index in [2.05, 4.69) is 88.0 Å². The van der Waals surface area contributed by atoms with Crippen molar-refractivity contribution >= 4 is 11.4 Å². The van der Waals surface area contributed by atoms with Crippen molar-refractivity contribution in [3.8, 4) is 0 Å². The van der Waals surface area contributed by atoms with Gasteiger partial charge in [0.25, 0.3) is 0 Å². The second-order valence-corrected chi connectivity index (χ2v) is 14.3. The van der Waals surface area contributed by atoms with Crippen molar-refractivity contribution in [1.82, 2.24) is 0 Å². The summed E-state index contributed by atoms with van der Waals surface area (Å²) in [6, 6.07) is 18.1. The van der Waals surface area contributed by atoms with Crippen LogP contribution in [0.1, 0.15) is 172 Å². The van der Waals surface area contributed by atoms with Crippen LogP contribution in [-0.2, 0) is 27.3 Å². The monoisotopic (exact) mass is 670 g/mol. The fourth-order valence-corrected chi connectivity index (χ4v) is 6.68. The van der Waals surface area contributed by atoms with Gasteiger partial charge in [0.2, 0.25) is 11.4 Å². The van der Waals surface area contributed by atoms with E-state index >= 15 is 0 Å². The summed E-state index contributed by atoms with van der Waals surface area (Å²) >= 11 is 1.62. The Balaban J connectivity index is 0.00000236. The molecule has 1 aliphatic heterocycles. The third-order valence-corrected chi connectivity index (χ3v) is 9.21. The van der Waals surface area contributed by atoms with Crippen LogP contribution in [0.15, 0.2) is 59.7 Å². The van der Waals surface area contributed by atoms with Gasteiger partial charge in [0.05, 0.1) is 0 Å². The predicted molar refractivity (Wildman–Crippen MR) is 200 cm³/mol. The molecular formula is C43H68N2Ni. The van der Waals surface area contributed by atoms with Gasteiger partial charge in [-0.15, -0.1) is 0 Å². The van der Waals surface area contributed by atoms with Gasteiger partial charge in [-0.3, -0.25) is 0 Å². The Morgan fingerprint density at radius 3 is 1.24 bits per heavy atom. The number of benzene rings is 2. The Morgan fingerprint density at radius 2 is 0.804 bits per heavy atom. The standard InChI is InChI=1S/C41H62N2.2CH3.Ni/c1-5-9-13-16-17-20-25-35-27-23-29-37(33-35)41-39(31-21-15-11-7-3)38(30-18-12-8-4)40(43(41)42)36-28-22-26-34(32-36)24-19-14-10-6-2;;;/h22-23,26-29,32-33H,5-21,24-25,30-31H2,1-4H3;2*1H3;. The number of unbranched alkanes of at least 4 members (excludes halogenated alkanes) is 13. The molecule has 0 aliphatic carbocycles. The van der Waals surface area contributed by atoms with Gasteiger partial charge < -0.3 is 5.53 Å². The van der Waals surface area contributed by atoms with Gasteiger partial charge in [0.15, 0.2) is 0 Å². The van der Waals surface area contributed by atoms with E-state index in [4.69, 9.17) is 0 Å². The molecule has 0 radical (unpaired) electrons. The Morgan fingerprint density at radius 1 is 0.478 bits per heavy atom. The quantitative estimate of drug-likeness (QED) is 0.0638. The van der Waals surface area contributed by atoms with Crippen LogP contribution in [0.4, 0.5) is 0 Å². The molecule has 0 saturated carbocycles. The first-order valence-electron chi connectivity index (χ1n) is 18.9. The number of hydrogen-bond donors (Lipinski definition) is 0. The van der Waals surface area contributed by atoms with Crippen molar-refractivity contribution in [1.29, 1.82) is 0 Å². The van der Waals surface area contributed by atoms with Crippen LogP contribution in [0.3, 0.4) is 0 Å². The molecule has 2 aromatic rings. The molecule has 1 aliphatic rings. The van der Waals surface area contributed by atoms with Crippen molar-refractivity contribution in [3.63, 3.8) is 0 Å². The van der Waals surface area contributed by atoms with Crippen LogP contribution in [0, 0.1) is 0 Å². The minimum atomic E-state index is 1.03. The Bertz CT molecular complexity index is 1190. The summed E-state index contributed by atoms with van der Waals surface area (Å²) in [5.74, 6) is 4.12. The molecule has 260 valence electrons. The molecule has 0 bridgehead atoms. The number of aryl methyl sites for hydroxylation is 2. The zero-order valence-electron chi connectivity index (χ0n) is 30.7. The topological polar surface area (TPSA) is 25.3 Å². The van der Waals surface area contributed by atoms with Gasteiger partial charge >= 0.3 is 26.2 Å². The molecule has 0 spiro atoms. The SMILES string of the molecule is CCCCCCCCc1cccc(C2=C(CCCCCC)C(CCCCC)=C(c3cccc(CCCCCC)c3)[N+]2=[N-])c1.[CH3][Ni][CH3]. The van der Waals surface area contributed by atoms with Crippen LogP contribution in [0.2, 0.25) is 11.8 Å². The van der Waals surface area contributed by atoms with Crippen molar-refractivity contribution in [2.75, 3.05) is 0 Å². The van der Waals surface area contributed by atoms with E-state index in [0.717, 1.165) is 37.1 Å². The zero-order valence-corrected chi connectivity index (χ0v) is 31.7. The molecular weight excluding hydrogens is 603 g/mol. The van der Waals surface area contributed by atoms with Gasteiger partial charge in [-0.25, -0.2) is 4.70 Å². The molecule has 46 heavy (non-hydrogen) atoms. The van der Waals surface area contributed by atoms with Crippen LogP contribution in [-0.4, -0.2) is 4.70 Å². The van der Waals surface area contributed by atoms with Gasteiger partial charge in [-0.2, -0.15) is 0 Å². The molecule has 0 atom stereocenters. The summed E-state index contributed by atoms with van der Waals surface area (Å²) in [6.45, 7) is 9.13. The first-order chi connectivity index (χ1) is 22.6. The Kier molecular flexibility index (Phi) is 21.9. The summed E-state index contributed by atoms with van der Waals surface area (Å²) in [4.78, 5) is 0. The van der Waals surface area contributed by atoms with E-state index < -0.39 is 0 Å². The molecule has 3 heteroatoms. The molecule has 3 rings (SSSR count). The van der Waals surface area contributed by atoms with Crippen molar-refractivity contribution in [2.45, 2.75) is 174 Å². The van der Waals surface area contributed by atoms with E-state index in [-0.39, 0.29) is 0 Å².